The lowest BCUT2D eigenvalue weighted by Crippen LogP contribution is -2.42. The summed E-state index contributed by atoms with van der Waals surface area (Å²) in [5.41, 5.74) is 1.74. The maximum absolute atomic E-state index is 13.0. The van der Waals surface area contributed by atoms with E-state index in [2.05, 4.69) is 10.2 Å². The summed E-state index contributed by atoms with van der Waals surface area (Å²) < 4.78 is 13.1. The lowest BCUT2D eigenvalue weighted by atomic mass is 10.1. The number of fused-ring (bicyclic) bond motifs is 1. The number of carbonyl (C=O) groups excluding carboxylic acids is 1. The minimum Gasteiger partial charge on any atom is -0.423 e. The Hall–Kier alpha value is -2.67. The molecule has 1 aliphatic rings. The number of aromatic nitrogens is 3. The Labute approximate surface area is 138 Å². The first-order chi connectivity index (χ1) is 11.6. The smallest absolute Gasteiger partial charge is 0.254 e. The number of morpholine rings is 1. The molecule has 1 fully saturated rings. The highest BCUT2D eigenvalue weighted by Crippen LogP contribution is 2.25. The molecule has 1 aliphatic heterocycles. The van der Waals surface area contributed by atoms with Crippen LogP contribution in [0, 0.1) is 6.92 Å². The normalized spacial score (nSPS) is 18.2. The van der Waals surface area contributed by atoms with E-state index in [1.54, 1.807) is 11.8 Å². The van der Waals surface area contributed by atoms with E-state index in [4.69, 9.17) is 9.15 Å². The average Bonchev–Trinajstić information content (AvgIpc) is 3.21. The van der Waals surface area contributed by atoms with Gasteiger partial charge in [0.05, 0.1) is 13.2 Å². The summed E-state index contributed by atoms with van der Waals surface area (Å²) >= 11 is 0. The molecule has 4 rings (SSSR count). The third-order valence-electron chi connectivity index (χ3n) is 4.33. The van der Waals surface area contributed by atoms with E-state index in [1.165, 1.54) is 0 Å². The van der Waals surface area contributed by atoms with Gasteiger partial charge in [-0.2, -0.15) is 0 Å². The molecule has 0 saturated carbocycles. The minimum absolute atomic E-state index is 0.00339. The van der Waals surface area contributed by atoms with Crippen molar-refractivity contribution < 1.29 is 13.9 Å². The molecule has 0 radical (unpaired) electrons. The van der Waals surface area contributed by atoms with Crippen molar-refractivity contribution in [1.29, 1.82) is 0 Å². The first-order valence-corrected chi connectivity index (χ1v) is 7.88. The predicted octanol–water partition coefficient (Wildman–Crippen LogP) is 2.08. The van der Waals surface area contributed by atoms with Gasteiger partial charge in [-0.15, -0.1) is 10.2 Å². The zero-order valence-corrected chi connectivity index (χ0v) is 13.6. The van der Waals surface area contributed by atoms with Crippen molar-refractivity contribution in [1.82, 2.24) is 19.7 Å². The Balaban J connectivity index is 1.61. The number of ether oxygens (including phenoxy) is 1. The van der Waals surface area contributed by atoms with Gasteiger partial charge in [0, 0.05) is 43.2 Å². The van der Waals surface area contributed by atoms with Crippen molar-refractivity contribution in [2.75, 3.05) is 19.7 Å². The van der Waals surface area contributed by atoms with E-state index in [0.717, 1.165) is 10.9 Å². The zero-order chi connectivity index (χ0) is 16.7. The van der Waals surface area contributed by atoms with Crippen LogP contribution in [0.25, 0.3) is 10.9 Å². The standard InChI is InChI=1S/C17H18N4O3/c1-11-18-19-16(24-11)15-10-21(8-9-23-15)17(22)13-4-3-5-14-12(13)6-7-20(14)2/h3-7,15H,8-10H2,1-2H3/t15-/m0/s1. The molecule has 24 heavy (non-hydrogen) atoms. The summed E-state index contributed by atoms with van der Waals surface area (Å²) in [6.45, 7) is 3.14. The SMILES string of the molecule is Cc1nnc([C@@H]2CN(C(=O)c3cccc4c3ccn4C)CCO2)o1. The van der Waals surface area contributed by atoms with Crippen LogP contribution in [0.3, 0.4) is 0 Å². The molecule has 7 heteroatoms. The van der Waals surface area contributed by atoms with Gasteiger partial charge in [-0.3, -0.25) is 4.79 Å². The van der Waals surface area contributed by atoms with Gasteiger partial charge >= 0.3 is 0 Å². The van der Waals surface area contributed by atoms with Crippen LogP contribution in [0.15, 0.2) is 34.9 Å². The van der Waals surface area contributed by atoms with Gasteiger partial charge in [-0.1, -0.05) is 6.07 Å². The zero-order valence-electron chi connectivity index (χ0n) is 13.6. The third-order valence-corrected chi connectivity index (χ3v) is 4.33. The van der Waals surface area contributed by atoms with Gasteiger partial charge in [0.25, 0.3) is 5.91 Å². The van der Waals surface area contributed by atoms with Crippen LogP contribution in [0.1, 0.15) is 28.2 Å². The van der Waals surface area contributed by atoms with E-state index in [-0.39, 0.29) is 12.0 Å². The number of hydrogen-bond acceptors (Lipinski definition) is 5. The molecule has 1 atom stereocenters. The number of benzene rings is 1. The second kappa shape index (κ2) is 5.76. The second-order valence-corrected chi connectivity index (χ2v) is 5.93. The molecule has 0 aliphatic carbocycles. The maximum atomic E-state index is 13.0. The van der Waals surface area contributed by atoms with Crippen molar-refractivity contribution in [3.63, 3.8) is 0 Å². The van der Waals surface area contributed by atoms with Gasteiger partial charge in [0.2, 0.25) is 11.8 Å². The molecule has 0 unspecified atom stereocenters. The summed E-state index contributed by atoms with van der Waals surface area (Å²) in [7, 11) is 1.97. The molecular formula is C17H18N4O3. The van der Waals surface area contributed by atoms with Gasteiger partial charge < -0.3 is 18.6 Å². The molecule has 1 amide bonds. The number of hydrogen-bond donors (Lipinski definition) is 0. The van der Waals surface area contributed by atoms with E-state index < -0.39 is 0 Å². The highest BCUT2D eigenvalue weighted by atomic mass is 16.5. The first kappa shape index (κ1) is 14.9. The Morgan fingerprint density at radius 3 is 2.96 bits per heavy atom. The van der Waals surface area contributed by atoms with Gasteiger partial charge in [-0.05, 0) is 18.2 Å². The van der Waals surface area contributed by atoms with E-state index in [0.29, 0.717) is 37.0 Å². The lowest BCUT2D eigenvalue weighted by molar-refractivity contribution is -0.0348. The lowest BCUT2D eigenvalue weighted by Gasteiger charge is -2.31. The maximum Gasteiger partial charge on any atom is 0.254 e. The molecule has 124 valence electrons. The molecule has 3 heterocycles. The van der Waals surface area contributed by atoms with Crippen molar-refractivity contribution in [3.8, 4) is 0 Å². The van der Waals surface area contributed by atoms with Crippen molar-refractivity contribution in [3.05, 3.63) is 47.8 Å². The monoisotopic (exact) mass is 326 g/mol. The summed E-state index contributed by atoms with van der Waals surface area (Å²) in [5, 5.41) is 8.80. The van der Waals surface area contributed by atoms with E-state index in [9.17, 15) is 4.79 Å². The van der Waals surface area contributed by atoms with Crippen LogP contribution in [-0.4, -0.2) is 45.3 Å². The summed E-state index contributed by atoms with van der Waals surface area (Å²) in [6.07, 6.45) is 1.59. The van der Waals surface area contributed by atoms with Crippen LogP contribution in [0.4, 0.5) is 0 Å². The van der Waals surface area contributed by atoms with Crippen LogP contribution in [0.5, 0.6) is 0 Å². The average molecular weight is 326 g/mol. The number of aryl methyl sites for hydroxylation is 2. The molecule has 7 nitrogen and oxygen atoms in total. The summed E-state index contributed by atoms with van der Waals surface area (Å²) in [6, 6.07) is 7.76. The molecule has 0 bridgehead atoms. The van der Waals surface area contributed by atoms with Crippen LogP contribution in [-0.2, 0) is 11.8 Å². The molecule has 1 saturated heterocycles. The molecule has 1 aromatic carbocycles. The summed E-state index contributed by atoms with van der Waals surface area (Å²) in [4.78, 5) is 14.8. The predicted molar refractivity (Wildman–Crippen MR) is 86.6 cm³/mol. The first-order valence-electron chi connectivity index (χ1n) is 7.88. The molecule has 2 aromatic heterocycles. The fourth-order valence-electron chi connectivity index (χ4n) is 3.08. The molecule has 0 N–H and O–H groups in total. The van der Waals surface area contributed by atoms with Crippen molar-refractivity contribution in [2.45, 2.75) is 13.0 Å². The fourth-order valence-corrected chi connectivity index (χ4v) is 3.08. The van der Waals surface area contributed by atoms with Crippen LogP contribution < -0.4 is 0 Å². The number of rotatable bonds is 2. The van der Waals surface area contributed by atoms with E-state index >= 15 is 0 Å². The van der Waals surface area contributed by atoms with Gasteiger partial charge in [0.15, 0.2) is 6.10 Å². The summed E-state index contributed by atoms with van der Waals surface area (Å²) in [5.74, 6) is 0.908. The molecule has 0 spiro atoms. The second-order valence-electron chi connectivity index (χ2n) is 5.93. The molecule has 3 aromatic rings. The van der Waals surface area contributed by atoms with Crippen molar-refractivity contribution in [2.24, 2.45) is 7.05 Å². The van der Waals surface area contributed by atoms with Crippen molar-refractivity contribution >= 4 is 16.8 Å². The topological polar surface area (TPSA) is 73.4 Å². The Bertz CT molecular complexity index is 898. The van der Waals surface area contributed by atoms with E-state index in [1.807, 2.05) is 42.1 Å². The third kappa shape index (κ3) is 2.46. The largest absolute Gasteiger partial charge is 0.423 e. The fraction of sp³-hybridized carbons (Fsp3) is 0.353. The van der Waals surface area contributed by atoms with Crippen LogP contribution in [0.2, 0.25) is 0 Å². The highest BCUT2D eigenvalue weighted by Gasteiger charge is 2.30. The van der Waals surface area contributed by atoms with Gasteiger partial charge in [-0.25, -0.2) is 0 Å². The number of carbonyl (C=O) groups is 1. The van der Waals surface area contributed by atoms with Crippen LogP contribution >= 0.6 is 0 Å². The highest BCUT2D eigenvalue weighted by molar-refractivity contribution is 6.06. The quantitative estimate of drug-likeness (QED) is 0.721. The Morgan fingerprint density at radius 2 is 2.17 bits per heavy atom. The van der Waals surface area contributed by atoms with Gasteiger partial charge in [0.1, 0.15) is 0 Å². The Morgan fingerprint density at radius 1 is 1.29 bits per heavy atom. The number of amides is 1. The number of nitrogens with zero attached hydrogens (tertiary/aromatic N) is 4. The minimum atomic E-state index is -0.376. The Kier molecular flexibility index (Phi) is 3.57. The molecular weight excluding hydrogens is 308 g/mol.